The molecule has 4 rings (SSSR count). The van der Waals surface area contributed by atoms with Crippen LogP contribution in [0.1, 0.15) is 17.7 Å². The van der Waals surface area contributed by atoms with Crippen molar-refractivity contribution < 1.29 is 9.52 Å². The fourth-order valence-electron chi connectivity index (χ4n) is 3.30. The SMILES string of the molecule is Cc1nnc(N2CCN(CC(O)c3cc4ccccc4o3)CC2)n1C. The van der Waals surface area contributed by atoms with Gasteiger partial charge in [-0.2, -0.15) is 0 Å². The lowest BCUT2D eigenvalue weighted by Gasteiger charge is -2.35. The van der Waals surface area contributed by atoms with Crippen LogP contribution in [0.4, 0.5) is 5.95 Å². The number of aliphatic hydroxyl groups is 1. The summed E-state index contributed by atoms with van der Waals surface area (Å²) in [4.78, 5) is 4.50. The van der Waals surface area contributed by atoms with Crippen molar-refractivity contribution in [2.45, 2.75) is 13.0 Å². The predicted octanol–water partition coefficient (Wildman–Crippen LogP) is 1.73. The molecule has 0 spiro atoms. The van der Waals surface area contributed by atoms with Crippen molar-refractivity contribution in [3.8, 4) is 0 Å². The van der Waals surface area contributed by atoms with Crippen LogP contribution in [0.2, 0.25) is 0 Å². The van der Waals surface area contributed by atoms with E-state index in [-0.39, 0.29) is 0 Å². The lowest BCUT2D eigenvalue weighted by molar-refractivity contribution is 0.0928. The second-order valence-corrected chi connectivity index (χ2v) is 6.60. The number of fused-ring (bicyclic) bond motifs is 1. The Morgan fingerprint density at radius 3 is 2.60 bits per heavy atom. The monoisotopic (exact) mass is 341 g/mol. The zero-order valence-corrected chi connectivity index (χ0v) is 14.6. The second kappa shape index (κ2) is 6.50. The molecule has 0 bridgehead atoms. The molecule has 3 aromatic rings. The number of hydrogen-bond donors (Lipinski definition) is 1. The number of rotatable bonds is 4. The number of aromatic nitrogens is 3. The molecule has 0 saturated carbocycles. The van der Waals surface area contributed by atoms with Gasteiger partial charge in [0.15, 0.2) is 0 Å². The number of benzene rings is 1. The van der Waals surface area contributed by atoms with Crippen LogP contribution < -0.4 is 4.90 Å². The van der Waals surface area contributed by atoms with Crippen molar-refractivity contribution >= 4 is 16.9 Å². The molecule has 25 heavy (non-hydrogen) atoms. The highest BCUT2D eigenvalue weighted by Crippen LogP contribution is 2.25. The maximum absolute atomic E-state index is 10.5. The number of β-amino-alcohol motifs (C(OH)–C–C–N with tert-alkyl or cyclic N) is 1. The number of anilines is 1. The number of piperazine rings is 1. The lowest BCUT2D eigenvalue weighted by atomic mass is 10.2. The Morgan fingerprint density at radius 1 is 1.16 bits per heavy atom. The third-order valence-electron chi connectivity index (χ3n) is 4.93. The Kier molecular flexibility index (Phi) is 4.19. The van der Waals surface area contributed by atoms with E-state index in [1.165, 1.54) is 0 Å². The largest absolute Gasteiger partial charge is 0.458 e. The predicted molar refractivity (Wildman–Crippen MR) is 95.6 cm³/mol. The normalized spacial score (nSPS) is 17.3. The van der Waals surface area contributed by atoms with E-state index in [9.17, 15) is 5.11 Å². The molecule has 3 heterocycles. The highest BCUT2D eigenvalue weighted by Gasteiger charge is 2.24. The number of hydrogen-bond acceptors (Lipinski definition) is 6. The molecule has 0 amide bonds. The number of para-hydroxylation sites is 1. The fourth-order valence-corrected chi connectivity index (χ4v) is 3.30. The van der Waals surface area contributed by atoms with Crippen molar-refractivity contribution in [1.82, 2.24) is 19.7 Å². The molecule has 1 fully saturated rings. The van der Waals surface area contributed by atoms with E-state index in [0.717, 1.165) is 48.9 Å². The standard InChI is InChI=1S/C18H23N5O2/c1-13-19-20-18(21(13)2)23-9-7-22(8-10-23)12-15(24)17-11-14-5-3-4-6-16(14)25-17/h3-6,11,15,24H,7-10,12H2,1-2H3. The minimum Gasteiger partial charge on any atom is -0.458 e. The number of furan rings is 1. The lowest BCUT2D eigenvalue weighted by Crippen LogP contribution is -2.48. The summed E-state index contributed by atoms with van der Waals surface area (Å²) in [5.41, 5.74) is 0.819. The number of aliphatic hydroxyl groups excluding tert-OH is 1. The molecule has 1 aliphatic heterocycles. The zero-order chi connectivity index (χ0) is 17.4. The van der Waals surface area contributed by atoms with Gasteiger partial charge in [-0.05, 0) is 19.1 Å². The highest BCUT2D eigenvalue weighted by atomic mass is 16.4. The first-order chi connectivity index (χ1) is 12.1. The average Bonchev–Trinajstić information content (AvgIpc) is 3.20. The van der Waals surface area contributed by atoms with E-state index >= 15 is 0 Å². The Bertz CT molecular complexity index is 830. The molecule has 1 aromatic carbocycles. The van der Waals surface area contributed by atoms with E-state index in [0.29, 0.717) is 12.3 Å². The van der Waals surface area contributed by atoms with Gasteiger partial charge in [-0.3, -0.25) is 4.90 Å². The number of nitrogens with zero attached hydrogens (tertiary/aromatic N) is 5. The van der Waals surface area contributed by atoms with Crippen LogP contribution in [0.25, 0.3) is 11.0 Å². The summed E-state index contributed by atoms with van der Waals surface area (Å²) in [5, 5.41) is 19.9. The quantitative estimate of drug-likeness (QED) is 0.779. The van der Waals surface area contributed by atoms with Gasteiger partial charge in [0.25, 0.3) is 0 Å². The van der Waals surface area contributed by atoms with Crippen LogP contribution in [0.3, 0.4) is 0 Å². The molecular formula is C18H23N5O2. The van der Waals surface area contributed by atoms with Gasteiger partial charge < -0.3 is 19.0 Å². The first kappa shape index (κ1) is 16.1. The van der Waals surface area contributed by atoms with Crippen molar-refractivity contribution in [3.63, 3.8) is 0 Å². The van der Waals surface area contributed by atoms with E-state index in [1.54, 1.807) is 0 Å². The van der Waals surface area contributed by atoms with E-state index in [4.69, 9.17) is 4.42 Å². The molecular weight excluding hydrogens is 318 g/mol. The van der Waals surface area contributed by atoms with Crippen LogP contribution in [-0.2, 0) is 7.05 Å². The minimum atomic E-state index is -0.615. The zero-order valence-electron chi connectivity index (χ0n) is 14.6. The van der Waals surface area contributed by atoms with Crippen molar-refractivity contribution in [1.29, 1.82) is 0 Å². The van der Waals surface area contributed by atoms with Crippen LogP contribution >= 0.6 is 0 Å². The third kappa shape index (κ3) is 3.12. The van der Waals surface area contributed by atoms with Crippen LogP contribution in [-0.4, -0.2) is 57.5 Å². The first-order valence-electron chi connectivity index (χ1n) is 8.61. The molecule has 1 saturated heterocycles. The van der Waals surface area contributed by atoms with Crippen LogP contribution in [0.5, 0.6) is 0 Å². The van der Waals surface area contributed by atoms with Crippen molar-refractivity contribution in [2.75, 3.05) is 37.6 Å². The van der Waals surface area contributed by atoms with Gasteiger partial charge in [-0.1, -0.05) is 18.2 Å². The molecule has 1 N–H and O–H groups in total. The molecule has 0 aliphatic carbocycles. The Morgan fingerprint density at radius 2 is 1.92 bits per heavy atom. The van der Waals surface area contributed by atoms with Gasteiger partial charge >= 0.3 is 0 Å². The van der Waals surface area contributed by atoms with Gasteiger partial charge in [0.2, 0.25) is 5.95 Å². The molecule has 132 valence electrons. The first-order valence-corrected chi connectivity index (χ1v) is 8.61. The number of aryl methyl sites for hydroxylation is 1. The Hall–Kier alpha value is -2.38. The van der Waals surface area contributed by atoms with E-state index < -0.39 is 6.10 Å². The van der Waals surface area contributed by atoms with Gasteiger partial charge in [-0.25, -0.2) is 0 Å². The summed E-state index contributed by atoms with van der Waals surface area (Å²) in [6.45, 7) is 6.03. The molecule has 1 atom stereocenters. The molecule has 1 unspecified atom stereocenters. The van der Waals surface area contributed by atoms with Gasteiger partial charge in [0, 0.05) is 45.2 Å². The second-order valence-electron chi connectivity index (χ2n) is 6.60. The summed E-state index contributed by atoms with van der Waals surface area (Å²) >= 11 is 0. The average molecular weight is 341 g/mol. The summed E-state index contributed by atoms with van der Waals surface area (Å²) < 4.78 is 7.78. The minimum absolute atomic E-state index is 0.575. The molecule has 1 aliphatic rings. The van der Waals surface area contributed by atoms with Crippen molar-refractivity contribution in [2.24, 2.45) is 7.05 Å². The topological polar surface area (TPSA) is 70.6 Å². The van der Waals surface area contributed by atoms with E-state index in [2.05, 4.69) is 20.0 Å². The van der Waals surface area contributed by atoms with Crippen LogP contribution in [0, 0.1) is 6.92 Å². The molecule has 0 radical (unpaired) electrons. The fraction of sp³-hybridized carbons (Fsp3) is 0.444. The smallest absolute Gasteiger partial charge is 0.227 e. The third-order valence-corrected chi connectivity index (χ3v) is 4.93. The molecule has 2 aromatic heterocycles. The van der Waals surface area contributed by atoms with Gasteiger partial charge in [0.1, 0.15) is 23.3 Å². The maximum Gasteiger partial charge on any atom is 0.227 e. The summed E-state index contributed by atoms with van der Waals surface area (Å²) in [5.74, 6) is 2.46. The Balaban J connectivity index is 1.37. The Labute approximate surface area is 146 Å². The summed E-state index contributed by atoms with van der Waals surface area (Å²) in [6, 6.07) is 9.76. The van der Waals surface area contributed by atoms with Gasteiger partial charge in [0.05, 0.1) is 0 Å². The molecule has 7 heteroatoms. The molecule has 7 nitrogen and oxygen atoms in total. The maximum atomic E-state index is 10.5. The van der Waals surface area contributed by atoms with Crippen LogP contribution in [0.15, 0.2) is 34.7 Å². The highest BCUT2D eigenvalue weighted by molar-refractivity contribution is 5.77. The van der Waals surface area contributed by atoms with Crippen molar-refractivity contribution in [3.05, 3.63) is 41.9 Å². The van der Waals surface area contributed by atoms with Gasteiger partial charge in [-0.15, -0.1) is 10.2 Å². The summed E-state index contributed by atoms with van der Waals surface area (Å²) in [7, 11) is 1.99. The van der Waals surface area contributed by atoms with E-state index in [1.807, 2.05) is 48.9 Å². The summed E-state index contributed by atoms with van der Waals surface area (Å²) in [6.07, 6.45) is -0.615.